The number of β-amino-alcohol motifs (C(OH)–C–C–N with tert-alkyl or cyclic N) is 1. The zero-order valence-corrected chi connectivity index (χ0v) is 14.9. The number of benzene rings is 1. The van der Waals surface area contributed by atoms with Gasteiger partial charge in [0.05, 0.1) is 19.3 Å². The predicted molar refractivity (Wildman–Crippen MR) is 93.1 cm³/mol. The lowest BCUT2D eigenvalue weighted by molar-refractivity contribution is -0.130. The van der Waals surface area contributed by atoms with Crippen molar-refractivity contribution in [1.82, 2.24) is 10.2 Å². The van der Waals surface area contributed by atoms with Crippen LogP contribution in [0.5, 0.6) is 5.75 Å². The number of carbonyl (C=O) groups excluding carboxylic acids is 1. The molecule has 1 fully saturated rings. The standard InChI is InChI=1S/C18H28N2O5/c1-3-25-16-5-4-14(8-15(16)11-21)9-20-7-6-18(24,17(23)10-20)12-19-13(2)22/h4-5,8,17,21,23-24H,3,6-7,9-12H2,1-2H3,(H,19,22)/t17-,18-/m1/s1. The summed E-state index contributed by atoms with van der Waals surface area (Å²) in [7, 11) is 0. The van der Waals surface area contributed by atoms with Crippen LogP contribution in [0.25, 0.3) is 0 Å². The van der Waals surface area contributed by atoms with Gasteiger partial charge in [-0.25, -0.2) is 0 Å². The van der Waals surface area contributed by atoms with Gasteiger partial charge in [0.2, 0.25) is 5.91 Å². The van der Waals surface area contributed by atoms with Gasteiger partial charge in [0.25, 0.3) is 0 Å². The lowest BCUT2D eigenvalue weighted by Gasteiger charge is -2.42. The minimum absolute atomic E-state index is 0.0506. The number of likely N-dealkylation sites (tertiary alicyclic amines) is 1. The highest BCUT2D eigenvalue weighted by Gasteiger charge is 2.40. The Morgan fingerprint density at radius 2 is 2.24 bits per heavy atom. The van der Waals surface area contributed by atoms with E-state index in [9.17, 15) is 20.1 Å². The molecule has 0 saturated carbocycles. The molecule has 7 nitrogen and oxygen atoms in total. The third-order valence-electron chi connectivity index (χ3n) is 4.56. The molecule has 7 heteroatoms. The Morgan fingerprint density at radius 1 is 1.48 bits per heavy atom. The Labute approximate surface area is 148 Å². The molecule has 25 heavy (non-hydrogen) atoms. The normalized spacial score (nSPS) is 24.1. The molecule has 1 aliphatic heterocycles. The van der Waals surface area contributed by atoms with Crippen LogP contribution in [0.15, 0.2) is 18.2 Å². The number of rotatable bonds is 7. The van der Waals surface area contributed by atoms with Crippen molar-refractivity contribution in [3.63, 3.8) is 0 Å². The average molecular weight is 352 g/mol. The molecule has 1 aromatic carbocycles. The van der Waals surface area contributed by atoms with E-state index in [4.69, 9.17) is 4.74 Å². The molecule has 0 aromatic heterocycles. The molecule has 4 N–H and O–H groups in total. The summed E-state index contributed by atoms with van der Waals surface area (Å²) in [6, 6.07) is 5.68. The van der Waals surface area contributed by atoms with Crippen LogP contribution in [0.2, 0.25) is 0 Å². The number of ether oxygens (including phenoxy) is 1. The van der Waals surface area contributed by atoms with Crippen LogP contribution in [-0.2, 0) is 17.9 Å². The number of nitrogens with one attached hydrogen (secondary N) is 1. The van der Waals surface area contributed by atoms with Gasteiger partial charge in [-0.2, -0.15) is 0 Å². The lowest BCUT2D eigenvalue weighted by Crippen LogP contribution is -2.59. The highest BCUT2D eigenvalue weighted by Crippen LogP contribution is 2.25. The summed E-state index contributed by atoms with van der Waals surface area (Å²) in [5.74, 6) is 0.450. The van der Waals surface area contributed by atoms with Crippen molar-refractivity contribution in [2.75, 3.05) is 26.2 Å². The second-order valence-electron chi connectivity index (χ2n) is 6.55. The molecular weight excluding hydrogens is 324 g/mol. The molecule has 0 unspecified atom stereocenters. The Bertz CT molecular complexity index is 595. The number of aliphatic hydroxyl groups is 3. The fourth-order valence-corrected chi connectivity index (χ4v) is 3.06. The molecule has 1 aromatic rings. The zero-order chi connectivity index (χ0) is 18.4. The van der Waals surface area contributed by atoms with E-state index in [1.807, 2.05) is 30.0 Å². The number of nitrogens with zero attached hydrogens (tertiary/aromatic N) is 1. The van der Waals surface area contributed by atoms with Crippen LogP contribution in [0, 0.1) is 0 Å². The quantitative estimate of drug-likeness (QED) is 0.551. The first kappa shape index (κ1) is 19.7. The molecule has 0 bridgehead atoms. The molecule has 140 valence electrons. The summed E-state index contributed by atoms with van der Waals surface area (Å²) >= 11 is 0. The van der Waals surface area contributed by atoms with Crippen molar-refractivity contribution in [3.8, 4) is 5.75 Å². The first-order valence-corrected chi connectivity index (χ1v) is 8.60. The average Bonchev–Trinajstić information content (AvgIpc) is 2.58. The van der Waals surface area contributed by atoms with Gasteiger partial charge < -0.3 is 25.4 Å². The molecular formula is C18H28N2O5. The van der Waals surface area contributed by atoms with E-state index in [2.05, 4.69) is 5.32 Å². The van der Waals surface area contributed by atoms with Crippen molar-refractivity contribution < 1.29 is 24.9 Å². The molecule has 2 rings (SSSR count). The molecule has 0 aliphatic carbocycles. The second kappa shape index (κ2) is 8.62. The second-order valence-corrected chi connectivity index (χ2v) is 6.55. The van der Waals surface area contributed by atoms with Gasteiger partial charge in [0.1, 0.15) is 11.4 Å². The Morgan fingerprint density at radius 3 is 2.84 bits per heavy atom. The van der Waals surface area contributed by atoms with Gasteiger partial charge in [-0.05, 0) is 31.0 Å². The van der Waals surface area contributed by atoms with E-state index in [1.54, 1.807) is 0 Å². The number of aliphatic hydroxyl groups excluding tert-OH is 2. The van der Waals surface area contributed by atoms with Crippen LogP contribution in [0.1, 0.15) is 31.4 Å². The largest absolute Gasteiger partial charge is 0.494 e. The van der Waals surface area contributed by atoms with Crippen molar-refractivity contribution in [2.45, 2.75) is 45.1 Å². The Hall–Kier alpha value is -1.67. The fraction of sp³-hybridized carbons (Fsp3) is 0.611. The first-order valence-electron chi connectivity index (χ1n) is 8.60. The molecule has 1 heterocycles. The van der Waals surface area contributed by atoms with Crippen LogP contribution in [-0.4, -0.2) is 64.1 Å². The summed E-state index contributed by atoms with van der Waals surface area (Å²) < 4.78 is 5.48. The van der Waals surface area contributed by atoms with Crippen molar-refractivity contribution in [2.24, 2.45) is 0 Å². The summed E-state index contributed by atoms with van der Waals surface area (Å²) in [5.41, 5.74) is 0.447. The number of hydrogen-bond acceptors (Lipinski definition) is 6. The third kappa shape index (κ3) is 5.15. The van der Waals surface area contributed by atoms with E-state index in [-0.39, 0.29) is 19.1 Å². The van der Waals surface area contributed by atoms with Gasteiger partial charge in [-0.15, -0.1) is 0 Å². The minimum atomic E-state index is -1.29. The molecule has 1 saturated heterocycles. The topological polar surface area (TPSA) is 102 Å². The first-order chi connectivity index (χ1) is 11.9. The van der Waals surface area contributed by atoms with E-state index in [0.29, 0.717) is 38.4 Å². The predicted octanol–water partition coefficient (Wildman–Crippen LogP) is 0.0114. The van der Waals surface area contributed by atoms with Crippen molar-refractivity contribution in [1.29, 1.82) is 0 Å². The minimum Gasteiger partial charge on any atom is -0.494 e. The van der Waals surface area contributed by atoms with E-state index in [1.165, 1.54) is 6.92 Å². The van der Waals surface area contributed by atoms with Gasteiger partial charge in [-0.3, -0.25) is 9.69 Å². The van der Waals surface area contributed by atoms with E-state index in [0.717, 1.165) is 11.1 Å². The van der Waals surface area contributed by atoms with Gasteiger partial charge in [-0.1, -0.05) is 6.07 Å². The van der Waals surface area contributed by atoms with Gasteiger partial charge in [0.15, 0.2) is 0 Å². The molecule has 0 radical (unpaired) electrons. The number of piperidine rings is 1. The fourth-order valence-electron chi connectivity index (χ4n) is 3.06. The van der Waals surface area contributed by atoms with Gasteiger partial charge in [0, 0.05) is 38.7 Å². The van der Waals surface area contributed by atoms with Crippen molar-refractivity contribution >= 4 is 5.91 Å². The SMILES string of the molecule is CCOc1ccc(CN2CC[C@@](O)(CNC(C)=O)[C@H](O)C2)cc1CO. The van der Waals surface area contributed by atoms with Crippen LogP contribution in [0.3, 0.4) is 0 Å². The Kier molecular flexibility index (Phi) is 6.78. The van der Waals surface area contributed by atoms with E-state index < -0.39 is 11.7 Å². The third-order valence-corrected chi connectivity index (χ3v) is 4.56. The van der Waals surface area contributed by atoms with Gasteiger partial charge >= 0.3 is 0 Å². The highest BCUT2D eigenvalue weighted by molar-refractivity contribution is 5.72. The molecule has 2 atom stereocenters. The Balaban J connectivity index is 1.97. The summed E-state index contributed by atoms with van der Waals surface area (Å²) in [6.45, 7) is 5.30. The molecule has 0 spiro atoms. The zero-order valence-electron chi connectivity index (χ0n) is 14.9. The highest BCUT2D eigenvalue weighted by atomic mass is 16.5. The van der Waals surface area contributed by atoms with Crippen LogP contribution >= 0.6 is 0 Å². The smallest absolute Gasteiger partial charge is 0.216 e. The summed E-state index contributed by atoms with van der Waals surface area (Å²) in [6.07, 6.45) is -0.564. The maximum absolute atomic E-state index is 11.0. The van der Waals surface area contributed by atoms with Crippen molar-refractivity contribution in [3.05, 3.63) is 29.3 Å². The summed E-state index contributed by atoms with van der Waals surface area (Å²) in [5, 5.41) is 32.9. The maximum atomic E-state index is 11.0. The molecule has 1 aliphatic rings. The number of amides is 1. The number of hydrogen-bond donors (Lipinski definition) is 4. The monoisotopic (exact) mass is 352 g/mol. The maximum Gasteiger partial charge on any atom is 0.216 e. The lowest BCUT2D eigenvalue weighted by atomic mass is 9.88. The number of carbonyl (C=O) groups is 1. The van der Waals surface area contributed by atoms with E-state index >= 15 is 0 Å². The molecule has 1 amide bonds. The van der Waals surface area contributed by atoms with Crippen LogP contribution in [0.4, 0.5) is 0 Å². The summed E-state index contributed by atoms with van der Waals surface area (Å²) in [4.78, 5) is 13.1. The van der Waals surface area contributed by atoms with Crippen LogP contribution < -0.4 is 10.1 Å².